The highest BCUT2D eigenvalue weighted by Crippen LogP contribution is 2.30. The summed E-state index contributed by atoms with van der Waals surface area (Å²) in [5.41, 5.74) is -0.934. The molecule has 2 aliphatic rings. The molecule has 0 aromatic rings. The molecule has 2 saturated carbocycles. The fourth-order valence-electron chi connectivity index (χ4n) is 2.98. The highest BCUT2D eigenvalue weighted by molar-refractivity contribution is 5.78. The molecule has 0 bridgehead atoms. The topological polar surface area (TPSA) is 58.6 Å². The van der Waals surface area contributed by atoms with Crippen molar-refractivity contribution < 1.29 is 14.6 Å². The number of hydrogen-bond donors (Lipinski definition) is 2. The molecule has 4 nitrogen and oxygen atoms in total. The third-order valence-corrected chi connectivity index (χ3v) is 4.52. The highest BCUT2D eigenvalue weighted by atomic mass is 16.5. The molecule has 0 aliphatic heterocycles. The van der Waals surface area contributed by atoms with Gasteiger partial charge in [0.2, 0.25) is 0 Å². The number of ether oxygens (including phenoxy) is 1. The van der Waals surface area contributed by atoms with Gasteiger partial charge < -0.3 is 9.84 Å². The van der Waals surface area contributed by atoms with Crippen LogP contribution < -0.4 is 5.32 Å². The zero-order chi connectivity index (χ0) is 13.9. The number of rotatable bonds is 7. The maximum Gasteiger partial charge on any atom is 0.326 e. The Morgan fingerprint density at radius 1 is 1.32 bits per heavy atom. The Morgan fingerprint density at radius 3 is 2.58 bits per heavy atom. The normalized spacial score (nSPS) is 30.8. The first-order valence-corrected chi connectivity index (χ1v) is 7.68. The molecule has 0 amide bonds. The Morgan fingerprint density at radius 2 is 2.00 bits per heavy atom. The molecular weight excluding hydrogens is 242 g/mol. The lowest BCUT2D eigenvalue weighted by atomic mass is 9.84. The summed E-state index contributed by atoms with van der Waals surface area (Å²) in [6.45, 7) is 4.22. The maximum atomic E-state index is 11.5. The zero-order valence-electron chi connectivity index (χ0n) is 12.2. The molecule has 0 saturated heterocycles. The van der Waals surface area contributed by atoms with Crippen molar-refractivity contribution in [2.45, 2.75) is 76.5 Å². The molecule has 2 rings (SSSR count). The van der Waals surface area contributed by atoms with Crippen molar-refractivity contribution in [3.8, 4) is 0 Å². The van der Waals surface area contributed by atoms with E-state index in [4.69, 9.17) is 4.74 Å². The number of carboxylic acid groups (broad SMARTS) is 1. The summed E-state index contributed by atoms with van der Waals surface area (Å²) in [6, 6.07) is 0.373. The molecule has 0 aromatic heterocycles. The summed E-state index contributed by atoms with van der Waals surface area (Å²) >= 11 is 0. The SMILES string of the molecule is CCC1CCCCC1OCC(C)(NC1CC1)C(=O)O. The van der Waals surface area contributed by atoms with Crippen molar-refractivity contribution in [2.75, 3.05) is 6.61 Å². The lowest BCUT2D eigenvalue weighted by Crippen LogP contribution is -2.55. The van der Waals surface area contributed by atoms with Crippen molar-refractivity contribution in [3.63, 3.8) is 0 Å². The maximum absolute atomic E-state index is 11.5. The van der Waals surface area contributed by atoms with Gasteiger partial charge in [-0.05, 0) is 38.5 Å². The van der Waals surface area contributed by atoms with Crippen LogP contribution >= 0.6 is 0 Å². The van der Waals surface area contributed by atoms with E-state index in [1.165, 1.54) is 19.3 Å². The number of carboxylic acids is 1. The van der Waals surface area contributed by atoms with E-state index in [1.54, 1.807) is 6.92 Å². The Hall–Kier alpha value is -0.610. The van der Waals surface area contributed by atoms with Crippen LogP contribution in [-0.4, -0.2) is 35.4 Å². The predicted molar refractivity (Wildman–Crippen MR) is 74.2 cm³/mol. The summed E-state index contributed by atoms with van der Waals surface area (Å²) in [5, 5.41) is 12.6. The van der Waals surface area contributed by atoms with E-state index in [1.807, 2.05) is 0 Å². The first kappa shape index (κ1) is 14.8. The van der Waals surface area contributed by atoms with Gasteiger partial charge in [0.05, 0.1) is 12.7 Å². The molecule has 0 radical (unpaired) electrons. The van der Waals surface area contributed by atoms with Gasteiger partial charge in [-0.3, -0.25) is 10.1 Å². The molecule has 2 aliphatic carbocycles. The second kappa shape index (κ2) is 6.23. The summed E-state index contributed by atoms with van der Waals surface area (Å²) < 4.78 is 6.00. The number of aliphatic carboxylic acids is 1. The van der Waals surface area contributed by atoms with Crippen molar-refractivity contribution in [1.29, 1.82) is 0 Å². The van der Waals surface area contributed by atoms with E-state index in [0.29, 0.717) is 12.0 Å². The lowest BCUT2D eigenvalue weighted by Gasteiger charge is -2.34. The van der Waals surface area contributed by atoms with Gasteiger partial charge in [0.15, 0.2) is 0 Å². The highest BCUT2D eigenvalue weighted by Gasteiger charge is 2.40. The van der Waals surface area contributed by atoms with Crippen LogP contribution in [0.4, 0.5) is 0 Å². The quantitative estimate of drug-likeness (QED) is 0.746. The van der Waals surface area contributed by atoms with Crippen LogP contribution in [0.15, 0.2) is 0 Å². The molecule has 0 heterocycles. The molecule has 19 heavy (non-hydrogen) atoms. The summed E-state index contributed by atoms with van der Waals surface area (Å²) in [6.07, 6.45) is 8.35. The molecule has 0 aromatic carbocycles. The van der Waals surface area contributed by atoms with Crippen LogP contribution in [-0.2, 0) is 9.53 Å². The largest absolute Gasteiger partial charge is 0.480 e. The van der Waals surface area contributed by atoms with Gasteiger partial charge in [-0.1, -0.05) is 26.2 Å². The van der Waals surface area contributed by atoms with Crippen LogP contribution in [0.3, 0.4) is 0 Å². The molecule has 4 heteroatoms. The second-order valence-electron chi connectivity index (χ2n) is 6.36. The standard InChI is InChI=1S/C15H27NO3/c1-3-11-6-4-5-7-13(11)19-10-15(2,14(17)18)16-12-8-9-12/h11-13,16H,3-10H2,1-2H3,(H,17,18). The van der Waals surface area contributed by atoms with E-state index >= 15 is 0 Å². The molecule has 0 spiro atoms. The predicted octanol–water partition coefficient (Wildman–Crippen LogP) is 2.57. The summed E-state index contributed by atoms with van der Waals surface area (Å²) in [4.78, 5) is 11.5. The average Bonchev–Trinajstić information content (AvgIpc) is 3.20. The van der Waals surface area contributed by atoms with E-state index in [0.717, 1.165) is 25.7 Å². The second-order valence-corrected chi connectivity index (χ2v) is 6.36. The molecule has 3 atom stereocenters. The first-order chi connectivity index (χ1) is 9.05. The fourth-order valence-corrected chi connectivity index (χ4v) is 2.98. The Bertz CT molecular complexity index is 317. The van der Waals surface area contributed by atoms with Gasteiger partial charge in [-0.25, -0.2) is 0 Å². The van der Waals surface area contributed by atoms with Gasteiger partial charge in [0, 0.05) is 6.04 Å². The number of carbonyl (C=O) groups is 1. The molecule has 2 N–H and O–H groups in total. The monoisotopic (exact) mass is 269 g/mol. The smallest absolute Gasteiger partial charge is 0.326 e. The molecule has 110 valence electrons. The van der Waals surface area contributed by atoms with Gasteiger partial charge in [-0.15, -0.1) is 0 Å². The van der Waals surface area contributed by atoms with E-state index < -0.39 is 11.5 Å². The minimum absolute atomic E-state index is 0.249. The van der Waals surface area contributed by atoms with Crippen molar-refractivity contribution >= 4 is 5.97 Å². The average molecular weight is 269 g/mol. The minimum Gasteiger partial charge on any atom is -0.480 e. The van der Waals surface area contributed by atoms with Crippen LogP contribution in [0.25, 0.3) is 0 Å². The third kappa shape index (κ3) is 3.93. The van der Waals surface area contributed by atoms with Crippen LogP contribution in [0.5, 0.6) is 0 Å². The fraction of sp³-hybridized carbons (Fsp3) is 0.933. The molecule has 2 fully saturated rings. The minimum atomic E-state index is -0.934. The Kier molecular flexibility index (Phi) is 4.85. The molecule has 3 unspecified atom stereocenters. The summed E-state index contributed by atoms with van der Waals surface area (Å²) in [5.74, 6) is -0.198. The van der Waals surface area contributed by atoms with Crippen molar-refractivity contribution in [2.24, 2.45) is 5.92 Å². The Labute approximate surface area is 115 Å². The van der Waals surface area contributed by atoms with Gasteiger partial charge in [0.25, 0.3) is 0 Å². The lowest BCUT2D eigenvalue weighted by molar-refractivity contribution is -0.149. The summed E-state index contributed by atoms with van der Waals surface area (Å²) in [7, 11) is 0. The van der Waals surface area contributed by atoms with E-state index in [2.05, 4.69) is 12.2 Å². The van der Waals surface area contributed by atoms with Gasteiger partial charge in [-0.2, -0.15) is 0 Å². The molecular formula is C15H27NO3. The third-order valence-electron chi connectivity index (χ3n) is 4.52. The van der Waals surface area contributed by atoms with Crippen LogP contribution in [0.1, 0.15) is 58.8 Å². The number of nitrogens with one attached hydrogen (secondary N) is 1. The van der Waals surface area contributed by atoms with Crippen LogP contribution in [0, 0.1) is 5.92 Å². The Balaban J connectivity index is 1.88. The van der Waals surface area contributed by atoms with Gasteiger partial charge >= 0.3 is 5.97 Å². The van der Waals surface area contributed by atoms with Crippen molar-refractivity contribution in [1.82, 2.24) is 5.32 Å². The first-order valence-electron chi connectivity index (χ1n) is 7.68. The van der Waals surface area contributed by atoms with Crippen LogP contribution in [0.2, 0.25) is 0 Å². The van der Waals surface area contributed by atoms with Crippen molar-refractivity contribution in [3.05, 3.63) is 0 Å². The number of hydrogen-bond acceptors (Lipinski definition) is 3. The van der Waals surface area contributed by atoms with E-state index in [9.17, 15) is 9.90 Å². The zero-order valence-corrected chi connectivity index (χ0v) is 12.2. The van der Waals surface area contributed by atoms with Gasteiger partial charge in [0.1, 0.15) is 5.54 Å². The van der Waals surface area contributed by atoms with E-state index in [-0.39, 0.29) is 12.7 Å².